The topological polar surface area (TPSA) is 21.3 Å². The van der Waals surface area contributed by atoms with Gasteiger partial charge in [0.25, 0.3) is 0 Å². The summed E-state index contributed by atoms with van der Waals surface area (Å²) >= 11 is 0. The smallest absolute Gasteiger partial charge is 0.194 e. The van der Waals surface area contributed by atoms with Crippen LogP contribution in [0.2, 0.25) is 0 Å². The Balaban J connectivity index is 3.39. The SMILES string of the molecule is CNc1c(F)cc(F)c(OC)c1F. The van der Waals surface area contributed by atoms with E-state index in [2.05, 4.69) is 10.1 Å². The first-order valence-corrected chi connectivity index (χ1v) is 3.51. The lowest BCUT2D eigenvalue weighted by molar-refractivity contribution is 0.357. The molecule has 0 aliphatic rings. The Morgan fingerprint density at radius 2 is 1.85 bits per heavy atom. The van der Waals surface area contributed by atoms with Crippen LogP contribution in [-0.4, -0.2) is 14.2 Å². The second kappa shape index (κ2) is 3.55. The van der Waals surface area contributed by atoms with Gasteiger partial charge in [-0.25, -0.2) is 13.2 Å². The summed E-state index contributed by atoms with van der Waals surface area (Å²) in [5.41, 5.74) is -0.404. The van der Waals surface area contributed by atoms with Gasteiger partial charge in [-0.2, -0.15) is 0 Å². The molecule has 5 heteroatoms. The molecule has 0 fully saturated rings. The van der Waals surface area contributed by atoms with Gasteiger partial charge in [0.1, 0.15) is 5.69 Å². The molecule has 1 aromatic rings. The fraction of sp³-hybridized carbons (Fsp3) is 0.250. The zero-order valence-electron chi connectivity index (χ0n) is 7.12. The van der Waals surface area contributed by atoms with Crippen LogP contribution in [0.25, 0.3) is 0 Å². The van der Waals surface area contributed by atoms with Gasteiger partial charge in [0.15, 0.2) is 23.2 Å². The van der Waals surface area contributed by atoms with Crippen molar-refractivity contribution >= 4 is 5.69 Å². The van der Waals surface area contributed by atoms with E-state index < -0.39 is 28.9 Å². The van der Waals surface area contributed by atoms with E-state index in [0.29, 0.717) is 6.07 Å². The number of nitrogens with one attached hydrogen (secondary N) is 1. The van der Waals surface area contributed by atoms with E-state index in [9.17, 15) is 13.2 Å². The van der Waals surface area contributed by atoms with Crippen molar-refractivity contribution in [2.24, 2.45) is 0 Å². The van der Waals surface area contributed by atoms with Gasteiger partial charge in [-0.05, 0) is 0 Å². The molecule has 72 valence electrons. The van der Waals surface area contributed by atoms with Crippen molar-refractivity contribution < 1.29 is 17.9 Å². The van der Waals surface area contributed by atoms with Gasteiger partial charge in [0.05, 0.1) is 7.11 Å². The Bertz CT molecular complexity index is 299. The van der Waals surface area contributed by atoms with Crippen LogP contribution in [0.15, 0.2) is 6.07 Å². The minimum atomic E-state index is -1.07. The predicted molar refractivity (Wildman–Crippen MR) is 42.4 cm³/mol. The molecule has 0 aromatic heterocycles. The summed E-state index contributed by atoms with van der Waals surface area (Å²) in [4.78, 5) is 0. The number of halogens is 3. The van der Waals surface area contributed by atoms with Crippen LogP contribution in [0.1, 0.15) is 0 Å². The Hall–Kier alpha value is -1.39. The van der Waals surface area contributed by atoms with Gasteiger partial charge in [0, 0.05) is 13.1 Å². The van der Waals surface area contributed by atoms with Crippen LogP contribution in [-0.2, 0) is 0 Å². The molecule has 0 radical (unpaired) electrons. The first-order chi connectivity index (χ1) is 6.11. The number of rotatable bonds is 2. The van der Waals surface area contributed by atoms with Crippen molar-refractivity contribution in [3.63, 3.8) is 0 Å². The number of benzene rings is 1. The molecule has 0 heterocycles. The molecule has 2 nitrogen and oxygen atoms in total. The highest BCUT2D eigenvalue weighted by atomic mass is 19.1. The molecule has 0 saturated heterocycles. The third-order valence-corrected chi connectivity index (χ3v) is 1.58. The maximum Gasteiger partial charge on any atom is 0.194 e. The van der Waals surface area contributed by atoms with Crippen LogP contribution < -0.4 is 10.1 Å². The van der Waals surface area contributed by atoms with Crippen molar-refractivity contribution in [2.75, 3.05) is 19.5 Å². The summed E-state index contributed by atoms with van der Waals surface area (Å²) < 4.78 is 43.2. The van der Waals surface area contributed by atoms with Crippen molar-refractivity contribution in [3.8, 4) is 5.75 Å². The van der Waals surface area contributed by atoms with Gasteiger partial charge in [-0.3, -0.25) is 0 Å². The summed E-state index contributed by atoms with van der Waals surface area (Å²) in [5.74, 6) is -3.71. The quantitative estimate of drug-likeness (QED) is 0.773. The number of methoxy groups -OCH3 is 1. The van der Waals surface area contributed by atoms with Crippen LogP contribution in [0.5, 0.6) is 5.75 Å². The third kappa shape index (κ3) is 1.54. The van der Waals surface area contributed by atoms with Crippen molar-refractivity contribution in [2.45, 2.75) is 0 Å². The molecule has 1 N–H and O–H groups in total. The highest BCUT2D eigenvalue weighted by Crippen LogP contribution is 2.29. The maximum absolute atomic E-state index is 13.1. The summed E-state index contributed by atoms with van der Waals surface area (Å²) in [7, 11) is 2.44. The van der Waals surface area contributed by atoms with Gasteiger partial charge < -0.3 is 10.1 Å². The van der Waals surface area contributed by atoms with E-state index >= 15 is 0 Å². The molecular formula is C8H8F3NO. The molecule has 1 rings (SSSR count). The summed E-state index contributed by atoms with van der Waals surface area (Å²) in [6.07, 6.45) is 0. The normalized spacial score (nSPS) is 9.92. The fourth-order valence-corrected chi connectivity index (χ4v) is 0.988. The zero-order chi connectivity index (χ0) is 10.0. The van der Waals surface area contributed by atoms with Gasteiger partial charge in [-0.15, -0.1) is 0 Å². The molecular weight excluding hydrogens is 183 g/mol. The van der Waals surface area contributed by atoms with E-state index in [0.717, 1.165) is 7.11 Å². The number of ether oxygens (including phenoxy) is 1. The monoisotopic (exact) mass is 191 g/mol. The minimum absolute atomic E-state index is 0.404. The molecule has 0 amide bonds. The summed E-state index contributed by atoms with van der Waals surface area (Å²) in [5, 5.41) is 2.27. The lowest BCUT2D eigenvalue weighted by Gasteiger charge is -2.08. The average molecular weight is 191 g/mol. The minimum Gasteiger partial charge on any atom is -0.491 e. The first kappa shape index (κ1) is 9.70. The van der Waals surface area contributed by atoms with E-state index in [4.69, 9.17) is 0 Å². The second-order valence-corrected chi connectivity index (χ2v) is 2.31. The fourth-order valence-electron chi connectivity index (χ4n) is 0.988. The van der Waals surface area contributed by atoms with Crippen LogP contribution in [0.3, 0.4) is 0 Å². The average Bonchev–Trinajstić information content (AvgIpc) is 2.04. The number of hydrogen-bond donors (Lipinski definition) is 1. The second-order valence-electron chi connectivity index (χ2n) is 2.31. The van der Waals surface area contributed by atoms with E-state index in [1.165, 1.54) is 7.05 Å². The third-order valence-electron chi connectivity index (χ3n) is 1.58. The molecule has 0 aliphatic heterocycles. The highest BCUT2D eigenvalue weighted by Gasteiger charge is 2.18. The standard InChI is InChI=1S/C8H8F3NO/c1-12-7-4(9)3-5(10)8(13-2)6(7)11/h3,12H,1-2H3. The molecule has 1 aromatic carbocycles. The van der Waals surface area contributed by atoms with Crippen LogP contribution in [0.4, 0.5) is 18.9 Å². The van der Waals surface area contributed by atoms with Crippen LogP contribution in [0, 0.1) is 17.5 Å². The summed E-state index contributed by atoms with van der Waals surface area (Å²) in [6, 6.07) is 0.563. The molecule has 0 bridgehead atoms. The largest absolute Gasteiger partial charge is 0.491 e. The van der Waals surface area contributed by atoms with Crippen molar-refractivity contribution in [3.05, 3.63) is 23.5 Å². The van der Waals surface area contributed by atoms with Gasteiger partial charge in [-0.1, -0.05) is 0 Å². The van der Waals surface area contributed by atoms with Crippen LogP contribution >= 0.6 is 0 Å². The predicted octanol–water partition coefficient (Wildman–Crippen LogP) is 2.15. The Kier molecular flexibility index (Phi) is 2.65. The number of hydrogen-bond acceptors (Lipinski definition) is 2. The Morgan fingerprint density at radius 3 is 2.31 bits per heavy atom. The van der Waals surface area contributed by atoms with Gasteiger partial charge in [0.2, 0.25) is 0 Å². The highest BCUT2D eigenvalue weighted by molar-refractivity contribution is 5.51. The zero-order valence-corrected chi connectivity index (χ0v) is 7.12. The number of anilines is 1. The molecule has 0 saturated carbocycles. The van der Waals surface area contributed by atoms with E-state index in [1.807, 2.05) is 0 Å². The van der Waals surface area contributed by atoms with E-state index in [1.54, 1.807) is 0 Å². The molecule has 0 aliphatic carbocycles. The van der Waals surface area contributed by atoms with Gasteiger partial charge >= 0.3 is 0 Å². The molecule has 0 spiro atoms. The Labute approximate surface area is 73.3 Å². The maximum atomic E-state index is 13.1. The molecule has 13 heavy (non-hydrogen) atoms. The van der Waals surface area contributed by atoms with Crippen molar-refractivity contribution in [1.82, 2.24) is 0 Å². The lowest BCUT2D eigenvalue weighted by Crippen LogP contribution is -2.01. The molecule has 0 unspecified atom stereocenters. The van der Waals surface area contributed by atoms with E-state index in [-0.39, 0.29) is 0 Å². The van der Waals surface area contributed by atoms with Crippen molar-refractivity contribution in [1.29, 1.82) is 0 Å². The lowest BCUT2D eigenvalue weighted by atomic mass is 10.2. The Morgan fingerprint density at radius 1 is 1.23 bits per heavy atom. The first-order valence-electron chi connectivity index (χ1n) is 3.51. The molecule has 0 atom stereocenters. The summed E-state index contributed by atoms with van der Waals surface area (Å²) in [6.45, 7) is 0.